The van der Waals surface area contributed by atoms with Crippen molar-refractivity contribution in [3.05, 3.63) is 71.3 Å². The minimum Gasteiger partial charge on any atom is -0.395 e. The third-order valence-electron chi connectivity index (χ3n) is 7.59. The number of hydrazine groups is 1. The van der Waals surface area contributed by atoms with E-state index in [9.17, 15) is 13.5 Å². The average Bonchev–Trinajstić information content (AvgIpc) is 3.32. The van der Waals surface area contributed by atoms with Crippen molar-refractivity contribution in [2.45, 2.75) is 50.9 Å². The molecule has 2 aromatic rings. The number of benzene rings is 2. The van der Waals surface area contributed by atoms with Crippen LogP contribution in [-0.2, 0) is 10.0 Å². The van der Waals surface area contributed by atoms with Crippen molar-refractivity contribution in [3.8, 4) is 11.1 Å². The van der Waals surface area contributed by atoms with Crippen LogP contribution in [0.4, 0.5) is 0 Å². The summed E-state index contributed by atoms with van der Waals surface area (Å²) in [5.41, 5.74) is 9.48. The number of hydrogen-bond donors (Lipinski definition) is 3. The highest BCUT2D eigenvalue weighted by molar-refractivity contribution is 7.90. The molecule has 0 radical (unpaired) electrons. The second-order valence-corrected chi connectivity index (χ2v) is 11.8. The summed E-state index contributed by atoms with van der Waals surface area (Å²) in [6, 6.07) is 15.2. The summed E-state index contributed by atoms with van der Waals surface area (Å²) < 4.78 is 28.0. The van der Waals surface area contributed by atoms with Crippen LogP contribution in [0.25, 0.3) is 11.1 Å². The van der Waals surface area contributed by atoms with Crippen LogP contribution >= 0.6 is 0 Å². The number of nitrogens with zero attached hydrogens (tertiary/aromatic N) is 2. The number of likely N-dealkylation sites (tertiary alicyclic amines) is 1. The zero-order valence-electron chi connectivity index (χ0n) is 21.7. The minimum absolute atomic E-state index is 0.0741. The molecular formula is C28H40N4O3S. The van der Waals surface area contributed by atoms with E-state index in [0.29, 0.717) is 32.0 Å². The van der Waals surface area contributed by atoms with Gasteiger partial charge < -0.3 is 5.11 Å². The van der Waals surface area contributed by atoms with E-state index in [1.165, 1.54) is 27.8 Å². The zero-order chi connectivity index (χ0) is 25.7. The van der Waals surface area contributed by atoms with Crippen LogP contribution < -0.4 is 10.1 Å². The lowest BCUT2D eigenvalue weighted by Crippen LogP contribution is -2.56. The molecule has 8 heteroatoms. The van der Waals surface area contributed by atoms with Gasteiger partial charge in [-0.2, -0.15) is 0 Å². The summed E-state index contributed by atoms with van der Waals surface area (Å²) in [6.45, 7) is 9.70. The standard InChI is InChI=1S/C28H40N4O3S/c1-4-17-32-28(14-16-29-32)36(34,35)30-15-5-6-18-31-19-26(27(31)20-33)24-12-10-23(11-13-24)25-9-7-8-21(2)22(25)3/h5-13,26-30,33H,4,14-20H2,1-3H3/b6-5-/t26?,27-,28?/m1/s1. The monoisotopic (exact) mass is 512 g/mol. The van der Waals surface area contributed by atoms with Gasteiger partial charge in [0.1, 0.15) is 5.37 Å². The molecule has 0 saturated carbocycles. The first kappa shape index (κ1) is 27.0. The van der Waals surface area contributed by atoms with Gasteiger partial charge in [-0.1, -0.05) is 61.5 Å². The Hall–Kier alpha value is -2.07. The van der Waals surface area contributed by atoms with Gasteiger partial charge in [-0.05, 0) is 54.5 Å². The van der Waals surface area contributed by atoms with E-state index < -0.39 is 15.4 Å². The topological polar surface area (TPSA) is 84.9 Å². The molecule has 0 spiro atoms. The van der Waals surface area contributed by atoms with E-state index in [1.54, 1.807) is 0 Å². The number of aryl methyl sites for hydroxylation is 1. The van der Waals surface area contributed by atoms with Gasteiger partial charge in [-0.25, -0.2) is 18.1 Å². The Morgan fingerprint density at radius 3 is 2.64 bits per heavy atom. The van der Waals surface area contributed by atoms with Crippen LogP contribution in [0.1, 0.15) is 42.4 Å². The van der Waals surface area contributed by atoms with Crippen LogP contribution in [-0.4, -0.2) is 74.2 Å². The van der Waals surface area contributed by atoms with Gasteiger partial charge in [-0.3, -0.25) is 10.3 Å². The Morgan fingerprint density at radius 2 is 1.92 bits per heavy atom. The molecule has 0 aromatic heterocycles. The highest BCUT2D eigenvalue weighted by Crippen LogP contribution is 2.35. The van der Waals surface area contributed by atoms with Crippen molar-refractivity contribution in [1.82, 2.24) is 20.1 Å². The third-order valence-corrected chi connectivity index (χ3v) is 9.37. The van der Waals surface area contributed by atoms with E-state index >= 15 is 0 Å². The maximum Gasteiger partial charge on any atom is 0.229 e. The quantitative estimate of drug-likeness (QED) is 0.401. The number of rotatable bonds is 11. The van der Waals surface area contributed by atoms with Gasteiger partial charge in [0.25, 0.3) is 0 Å². The number of hydrogen-bond acceptors (Lipinski definition) is 6. The molecule has 2 saturated heterocycles. The minimum atomic E-state index is -3.40. The van der Waals surface area contributed by atoms with Crippen LogP contribution in [0.15, 0.2) is 54.6 Å². The molecule has 2 aliphatic rings. The van der Waals surface area contributed by atoms with Gasteiger partial charge >= 0.3 is 0 Å². The number of sulfonamides is 1. The first-order chi connectivity index (χ1) is 17.4. The fraction of sp³-hybridized carbons (Fsp3) is 0.500. The summed E-state index contributed by atoms with van der Waals surface area (Å²) in [5, 5.41) is 11.3. The smallest absolute Gasteiger partial charge is 0.229 e. The van der Waals surface area contributed by atoms with E-state index in [2.05, 4.69) is 71.4 Å². The van der Waals surface area contributed by atoms with E-state index in [0.717, 1.165) is 13.0 Å². The predicted molar refractivity (Wildman–Crippen MR) is 146 cm³/mol. The lowest BCUT2D eigenvalue weighted by atomic mass is 9.82. The Labute approximate surface area is 216 Å². The molecule has 2 aliphatic heterocycles. The highest BCUT2D eigenvalue weighted by Gasteiger charge is 2.38. The SMILES string of the molecule is CCCN1NCCC1S(=O)(=O)NC/C=C\CN1CC(c2ccc(-c3cccc(C)c3C)cc2)[C@H]1CO. The molecule has 196 valence electrons. The largest absolute Gasteiger partial charge is 0.395 e. The Bertz CT molecular complexity index is 1150. The number of nitrogens with one attached hydrogen (secondary N) is 2. The molecule has 2 unspecified atom stereocenters. The molecule has 0 bridgehead atoms. The van der Waals surface area contributed by atoms with Crippen LogP contribution in [0.3, 0.4) is 0 Å². The first-order valence-corrected chi connectivity index (χ1v) is 14.6. The van der Waals surface area contributed by atoms with Gasteiger partial charge in [0.15, 0.2) is 0 Å². The van der Waals surface area contributed by atoms with Crippen molar-refractivity contribution in [2.24, 2.45) is 0 Å². The van der Waals surface area contributed by atoms with Crippen molar-refractivity contribution < 1.29 is 13.5 Å². The normalized spacial score (nSPS) is 23.4. The zero-order valence-corrected chi connectivity index (χ0v) is 22.5. The van der Waals surface area contributed by atoms with Crippen LogP contribution in [0.5, 0.6) is 0 Å². The number of aliphatic hydroxyl groups is 1. The van der Waals surface area contributed by atoms with Crippen molar-refractivity contribution in [1.29, 1.82) is 0 Å². The lowest BCUT2D eigenvalue weighted by Gasteiger charge is -2.47. The summed E-state index contributed by atoms with van der Waals surface area (Å²) in [6.07, 6.45) is 5.35. The van der Waals surface area contributed by atoms with Gasteiger partial charge in [0.05, 0.1) is 6.61 Å². The fourth-order valence-electron chi connectivity index (χ4n) is 5.31. The van der Waals surface area contributed by atoms with Gasteiger partial charge in [0.2, 0.25) is 10.0 Å². The van der Waals surface area contributed by atoms with E-state index in [1.807, 2.05) is 24.1 Å². The molecule has 3 N–H and O–H groups in total. The number of aliphatic hydroxyl groups excluding tert-OH is 1. The molecule has 0 aliphatic carbocycles. The maximum absolute atomic E-state index is 12.7. The Kier molecular flexibility index (Phi) is 8.98. The van der Waals surface area contributed by atoms with Crippen LogP contribution in [0, 0.1) is 13.8 Å². The van der Waals surface area contributed by atoms with Gasteiger partial charge in [0, 0.05) is 44.7 Å². The summed E-state index contributed by atoms with van der Waals surface area (Å²) in [4.78, 5) is 2.23. The average molecular weight is 513 g/mol. The van der Waals surface area contributed by atoms with Gasteiger partial charge in [-0.15, -0.1) is 0 Å². The predicted octanol–water partition coefficient (Wildman–Crippen LogP) is 3.15. The fourth-order valence-corrected chi connectivity index (χ4v) is 6.77. The molecule has 2 fully saturated rings. The molecule has 36 heavy (non-hydrogen) atoms. The lowest BCUT2D eigenvalue weighted by molar-refractivity contribution is 0.0272. The van der Waals surface area contributed by atoms with Crippen molar-refractivity contribution in [3.63, 3.8) is 0 Å². The molecule has 0 amide bonds. The molecular weight excluding hydrogens is 472 g/mol. The first-order valence-electron chi connectivity index (χ1n) is 13.0. The van der Waals surface area contributed by atoms with Crippen molar-refractivity contribution >= 4 is 10.0 Å². The summed E-state index contributed by atoms with van der Waals surface area (Å²) in [7, 11) is -3.40. The summed E-state index contributed by atoms with van der Waals surface area (Å²) >= 11 is 0. The molecule has 3 atom stereocenters. The molecule has 4 rings (SSSR count). The highest BCUT2D eigenvalue weighted by atomic mass is 32.2. The second-order valence-electron chi connectivity index (χ2n) is 9.89. The molecule has 7 nitrogen and oxygen atoms in total. The Morgan fingerprint density at radius 1 is 1.14 bits per heavy atom. The third kappa shape index (κ3) is 5.90. The second kappa shape index (κ2) is 12.0. The summed E-state index contributed by atoms with van der Waals surface area (Å²) in [5.74, 6) is 0.300. The van der Waals surface area contributed by atoms with E-state index in [4.69, 9.17) is 0 Å². The maximum atomic E-state index is 12.7. The Balaban J connectivity index is 1.27. The molecule has 2 aromatic carbocycles. The van der Waals surface area contributed by atoms with Crippen molar-refractivity contribution in [2.75, 3.05) is 39.3 Å². The van der Waals surface area contributed by atoms with Crippen LogP contribution in [0.2, 0.25) is 0 Å². The van der Waals surface area contributed by atoms with E-state index in [-0.39, 0.29) is 19.2 Å². The molecule has 2 heterocycles.